The van der Waals surface area contributed by atoms with Crippen LogP contribution in [0.5, 0.6) is 0 Å². The summed E-state index contributed by atoms with van der Waals surface area (Å²) >= 11 is 0. The van der Waals surface area contributed by atoms with Crippen LogP contribution in [-0.2, 0) is 6.54 Å². The van der Waals surface area contributed by atoms with Gasteiger partial charge in [-0.05, 0) is 27.2 Å². The minimum Gasteiger partial charge on any atom is -0.466 e. The molecule has 5 heteroatoms. The summed E-state index contributed by atoms with van der Waals surface area (Å²) in [6, 6.07) is 0. The van der Waals surface area contributed by atoms with Crippen LogP contribution >= 0.6 is 0 Å². The van der Waals surface area contributed by atoms with Crippen molar-refractivity contribution in [2.24, 2.45) is 0 Å². The van der Waals surface area contributed by atoms with Crippen LogP contribution in [0.1, 0.15) is 33.9 Å². The van der Waals surface area contributed by atoms with E-state index in [1.807, 2.05) is 31.5 Å². The van der Waals surface area contributed by atoms with Crippen LogP contribution in [0, 0.1) is 20.8 Å². The molecule has 19 heavy (non-hydrogen) atoms. The minimum absolute atomic E-state index is 0.0579. The van der Waals surface area contributed by atoms with Crippen molar-refractivity contribution in [3.8, 4) is 0 Å². The SMILES string of the molecule is Cc1oc(C)c(C(=O)NCCCn2ccnc2)c1C. The molecule has 0 atom stereocenters. The van der Waals surface area contributed by atoms with Crippen molar-refractivity contribution in [1.82, 2.24) is 14.9 Å². The topological polar surface area (TPSA) is 60.1 Å². The molecule has 2 rings (SSSR count). The summed E-state index contributed by atoms with van der Waals surface area (Å²) in [5.74, 6) is 1.43. The molecule has 0 aliphatic carbocycles. The van der Waals surface area contributed by atoms with Gasteiger partial charge >= 0.3 is 0 Å². The molecular weight excluding hydrogens is 242 g/mol. The third-order valence-electron chi connectivity index (χ3n) is 3.23. The third kappa shape index (κ3) is 3.05. The zero-order valence-corrected chi connectivity index (χ0v) is 11.6. The lowest BCUT2D eigenvalue weighted by Crippen LogP contribution is -2.26. The second-order valence-corrected chi connectivity index (χ2v) is 4.62. The number of hydrogen-bond donors (Lipinski definition) is 1. The van der Waals surface area contributed by atoms with Crippen LogP contribution < -0.4 is 5.32 Å². The standard InChI is InChI=1S/C14H19N3O2/c1-10-11(2)19-12(3)13(10)14(18)16-5-4-7-17-8-6-15-9-17/h6,8-9H,4-5,7H2,1-3H3,(H,16,18). The molecule has 0 aromatic carbocycles. The molecule has 0 saturated heterocycles. The molecule has 0 unspecified atom stereocenters. The molecule has 1 N–H and O–H groups in total. The summed E-state index contributed by atoms with van der Waals surface area (Å²) in [7, 11) is 0. The number of furan rings is 1. The molecule has 0 bridgehead atoms. The first-order valence-electron chi connectivity index (χ1n) is 6.40. The Morgan fingerprint density at radius 2 is 2.16 bits per heavy atom. The summed E-state index contributed by atoms with van der Waals surface area (Å²) in [5, 5.41) is 2.92. The molecule has 0 spiro atoms. The highest BCUT2D eigenvalue weighted by Gasteiger charge is 2.17. The third-order valence-corrected chi connectivity index (χ3v) is 3.23. The molecule has 0 aliphatic heterocycles. The average Bonchev–Trinajstić information content (AvgIpc) is 2.95. The first-order valence-corrected chi connectivity index (χ1v) is 6.40. The van der Waals surface area contributed by atoms with E-state index in [2.05, 4.69) is 10.3 Å². The Morgan fingerprint density at radius 3 is 2.74 bits per heavy atom. The lowest BCUT2D eigenvalue weighted by atomic mass is 10.1. The maximum Gasteiger partial charge on any atom is 0.255 e. The molecule has 0 saturated carbocycles. The zero-order valence-electron chi connectivity index (χ0n) is 11.6. The molecule has 2 heterocycles. The number of aryl methyl sites for hydroxylation is 3. The van der Waals surface area contributed by atoms with Crippen molar-refractivity contribution in [3.05, 3.63) is 41.4 Å². The smallest absolute Gasteiger partial charge is 0.255 e. The largest absolute Gasteiger partial charge is 0.466 e. The van der Waals surface area contributed by atoms with Crippen LogP contribution in [0.25, 0.3) is 0 Å². The number of imidazole rings is 1. The summed E-state index contributed by atoms with van der Waals surface area (Å²) in [6.07, 6.45) is 6.31. The molecule has 2 aromatic rings. The Morgan fingerprint density at radius 1 is 1.37 bits per heavy atom. The van der Waals surface area contributed by atoms with Gasteiger partial charge in [0.05, 0.1) is 11.9 Å². The number of nitrogens with one attached hydrogen (secondary N) is 1. The van der Waals surface area contributed by atoms with Crippen LogP contribution in [0.2, 0.25) is 0 Å². The van der Waals surface area contributed by atoms with Crippen LogP contribution in [-0.4, -0.2) is 22.0 Å². The van der Waals surface area contributed by atoms with Crippen molar-refractivity contribution in [1.29, 1.82) is 0 Å². The average molecular weight is 261 g/mol. The quantitative estimate of drug-likeness (QED) is 0.839. The number of nitrogens with zero attached hydrogens (tertiary/aromatic N) is 2. The van der Waals surface area contributed by atoms with Gasteiger partial charge in [0.25, 0.3) is 5.91 Å². The van der Waals surface area contributed by atoms with Gasteiger partial charge in [-0.2, -0.15) is 0 Å². The van der Waals surface area contributed by atoms with Gasteiger partial charge in [-0.1, -0.05) is 0 Å². The van der Waals surface area contributed by atoms with Crippen molar-refractivity contribution < 1.29 is 9.21 Å². The van der Waals surface area contributed by atoms with E-state index < -0.39 is 0 Å². The normalized spacial score (nSPS) is 10.7. The van der Waals surface area contributed by atoms with E-state index in [-0.39, 0.29) is 5.91 Å². The Hall–Kier alpha value is -2.04. The number of aromatic nitrogens is 2. The predicted molar refractivity (Wildman–Crippen MR) is 72.1 cm³/mol. The highest BCUT2D eigenvalue weighted by molar-refractivity contribution is 5.96. The molecule has 2 aromatic heterocycles. The van der Waals surface area contributed by atoms with E-state index in [1.54, 1.807) is 12.5 Å². The Bertz CT molecular complexity index is 556. The number of carbonyl (C=O) groups excluding carboxylic acids is 1. The van der Waals surface area contributed by atoms with Crippen LogP contribution in [0.4, 0.5) is 0 Å². The van der Waals surface area contributed by atoms with Gasteiger partial charge in [-0.25, -0.2) is 4.98 Å². The molecule has 0 aliphatic rings. The highest BCUT2D eigenvalue weighted by atomic mass is 16.3. The molecular formula is C14H19N3O2. The van der Waals surface area contributed by atoms with Crippen molar-refractivity contribution in [2.75, 3.05) is 6.54 Å². The van der Waals surface area contributed by atoms with E-state index in [1.165, 1.54) is 0 Å². The predicted octanol–water partition coefficient (Wildman–Crippen LogP) is 2.22. The fourth-order valence-corrected chi connectivity index (χ4v) is 2.10. The maximum atomic E-state index is 12.1. The molecule has 0 radical (unpaired) electrons. The summed E-state index contributed by atoms with van der Waals surface area (Å²) in [4.78, 5) is 16.0. The Labute approximate surface area is 112 Å². The second kappa shape index (κ2) is 5.73. The highest BCUT2D eigenvalue weighted by Crippen LogP contribution is 2.20. The lowest BCUT2D eigenvalue weighted by Gasteiger charge is -2.06. The van der Waals surface area contributed by atoms with E-state index in [0.29, 0.717) is 17.9 Å². The Kier molecular flexibility index (Phi) is 4.04. The maximum absolute atomic E-state index is 12.1. The van der Waals surface area contributed by atoms with Crippen molar-refractivity contribution >= 4 is 5.91 Å². The molecule has 0 fully saturated rings. The minimum atomic E-state index is -0.0579. The number of amides is 1. The second-order valence-electron chi connectivity index (χ2n) is 4.62. The van der Waals surface area contributed by atoms with Gasteiger partial charge in [-0.3, -0.25) is 4.79 Å². The van der Waals surface area contributed by atoms with Gasteiger partial charge in [0.1, 0.15) is 11.5 Å². The van der Waals surface area contributed by atoms with Gasteiger partial charge in [0, 0.05) is 31.0 Å². The van der Waals surface area contributed by atoms with Gasteiger partial charge in [0.2, 0.25) is 0 Å². The fraction of sp³-hybridized carbons (Fsp3) is 0.429. The zero-order chi connectivity index (χ0) is 13.8. The number of hydrogen-bond acceptors (Lipinski definition) is 3. The molecule has 1 amide bonds. The summed E-state index contributed by atoms with van der Waals surface area (Å²) in [5.41, 5.74) is 1.59. The van der Waals surface area contributed by atoms with E-state index in [9.17, 15) is 4.79 Å². The fourth-order valence-electron chi connectivity index (χ4n) is 2.10. The van der Waals surface area contributed by atoms with Crippen molar-refractivity contribution in [3.63, 3.8) is 0 Å². The van der Waals surface area contributed by atoms with Crippen LogP contribution in [0.3, 0.4) is 0 Å². The molecule has 5 nitrogen and oxygen atoms in total. The van der Waals surface area contributed by atoms with Crippen molar-refractivity contribution in [2.45, 2.75) is 33.7 Å². The van der Waals surface area contributed by atoms with Gasteiger partial charge in [-0.15, -0.1) is 0 Å². The first-order chi connectivity index (χ1) is 9.09. The van der Waals surface area contributed by atoms with E-state index in [4.69, 9.17) is 4.42 Å². The Balaban J connectivity index is 1.84. The first kappa shape index (κ1) is 13.4. The van der Waals surface area contributed by atoms with E-state index in [0.717, 1.165) is 24.3 Å². The van der Waals surface area contributed by atoms with Crippen LogP contribution in [0.15, 0.2) is 23.1 Å². The monoisotopic (exact) mass is 261 g/mol. The summed E-state index contributed by atoms with van der Waals surface area (Å²) < 4.78 is 7.45. The number of carbonyl (C=O) groups is 1. The summed E-state index contributed by atoms with van der Waals surface area (Å²) in [6.45, 7) is 7.09. The molecule has 102 valence electrons. The van der Waals surface area contributed by atoms with Gasteiger partial charge < -0.3 is 14.3 Å². The number of rotatable bonds is 5. The van der Waals surface area contributed by atoms with Gasteiger partial charge in [0.15, 0.2) is 0 Å². The van der Waals surface area contributed by atoms with E-state index >= 15 is 0 Å². The lowest BCUT2D eigenvalue weighted by molar-refractivity contribution is 0.0950.